The number of piperidine rings is 1. The van der Waals surface area contributed by atoms with Gasteiger partial charge >= 0.3 is 12.3 Å². The Hall–Kier alpha value is -3.67. The van der Waals surface area contributed by atoms with Crippen molar-refractivity contribution in [1.82, 2.24) is 30.4 Å². The molecule has 0 unspecified atom stereocenters. The third kappa shape index (κ3) is 5.53. The van der Waals surface area contributed by atoms with Crippen LogP contribution in [0.25, 0.3) is 5.69 Å². The quantitative estimate of drug-likeness (QED) is 0.520. The maximum absolute atomic E-state index is 13.3. The number of nitrogens with one attached hydrogen (secondary N) is 1. The number of ether oxygens (including phenoxy) is 1. The second kappa shape index (κ2) is 10.3. The number of carbonyl (C=O) groups is 1. The lowest BCUT2D eigenvalue weighted by atomic mass is 9.86. The van der Waals surface area contributed by atoms with E-state index < -0.39 is 18.1 Å². The molecule has 0 saturated carbocycles. The van der Waals surface area contributed by atoms with E-state index in [0.717, 1.165) is 5.56 Å². The highest BCUT2D eigenvalue weighted by molar-refractivity contribution is 5.65. The molecule has 2 atom stereocenters. The largest absolute Gasteiger partial charge is 0.494 e. The molecule has 186 valence electrons. The van der Waals surface area contributed by atoms with Gasteiger partial charge in [-0.15, -0.1) is 5.10 Å². The first kappa shape index (κ1) is 24.5. The molecule has 0 bridgehead atoms. The second-order valence-electron chi connectivity index (χ2n) is 8.16. The first-order valence-corrected chi connectivity index (χ1v) is 11.2. The van der Waals surface area contributed by atoms with Gasteiger partial charge in [0.25, 0.3) is 5.82 Å². The van der Waals surface area contributed by atoms with Crippen LogP contribution in [-0.4, -0.2) is 62.0 Å². The fourth-order valence-electron chi connectivity index (χ4n) is 4.32. The number of hydrogen-bond acceptors (Lipinski definition) is 6. The molecule has 1 fully saturated rings. The number of benzene rings is 2. The van der Waals surface area contributed by atoms with Crippen LogP contribution in [-0.2, 0) is 12.7 Å². The predicted molar refractivity (Wildman–Crippen MR) is 119 cm³/mol. The zero-order valence-corrected chi connectivity index (χ0v) is 18.9. The van der Waals surface area contributed by atoms with E-state index in [9.17, 15) is 23.1 Å². The van der Waals surface area contributed by atoms with Gasteiger partial charge < -0.3 is 20.1 Å². The third-order valence-electron chi connectivity index (χ3n) is 5.98. The van der Waals surface area contributed by atoms with Gasteiger partial charge in [0.05, 0.1) is 12.3 Å². The summed E-state index contributed by atoms with van der Waals surface area (Å²) < 4.78 is 46.3. The van der Waals surface area contributed by atoms with E-state index in [1.807, 2.05) is 37.3 Å². The Kier molecular flexibility index (Phi) is 7.20. The van der Waals surface area contributed by atoms with E-state index in [4.69, 9.17) is 4.74 Å². The van der Waals surface area contributed by atoms with Gasteiger partial charge in [0.1, 0.15) is 5.75 Å². The smallest absolute Gasteiger partial charge is 0.453 e. The van der Waals surface area contributed by atoms with Crippen molar-refractivity contribution in [2.45, 2.75) is 38.0 Å². The average Bonchev–Trinajstić information content (AvgIpc) is 3.35. The minimum absolute atomic E-state index is 0.0510. The number of tetrazole rings is 1. The van der Waals surface area contributed by atoms with E-state index in [1.165, 1.54) is 11.0 Å². The molecule has 3 aromatic rings. The van der Waals surface area contributed by atoms with E-state index in [2.05, 4.69) is 20.8 Å². The lowest BCUT2D eigenvalue weighted by Crippen LogP contribution is -2.49. The number of alkyl halides is 3. The summed E-state index contributed by atoms with van der Waals surface area (Å²) in [7, 11) is 0. The Morgan fingerprint density at radius 1 is 1.23 bits per heavy atom. The Bertz CT molecular complexity index is 1150. The third-order valence-corrected chi connectivity index (χ3v) is 5.98. The molecule has 9 nitrogen and oxygen atoms in total. The summed E-state index contributed by atoms with van der Waals surface area (Å²) >= 11 is 0. The lowest BCUT2D eigenvalue weighted by Gasteiger charge is -2.38. The molecule has 1 aliphatic rings. The van der Waals surface area contributed by atoms with Crippen molar-refractivity contribution < 1.29 is 27.8 Å². The standard InChI is InChI=1S/C23H25F3N6O3/c1-2-35-20-9-8-17(32-21(23(24,25)26)28-29-30-32)12-16(20)13-27-19-10-11-31(22(33)34)14-18(19)15-6-4-3-5-7-15/h3-9,12,18-19,27H,2,10-11,13-14H2,1H3,(H,33,34)/t18-,19+/m0/s1. The van der Waals surface area contributed by atoms with Crippen LogP contribution in [0.1, 0.15) is 36.2 Å². The minimum atomic E-state index is -4.71. The molecular formula is C23H25F3N6O3. The van der Waals surface area contributed by atoms with Gasteiger partial charge in [0.2, 0.25) is 0 Å². The van der Waals surface area contributed by atoms with Crippen molar-refractivity contribution in [3.8, 4) is 11.4 Å². The van der Waals surface area contributed by atoms with Crippen LogP contribution in [0.2, 0.25) is 0 Å². The number of rotatable bonds is 7. The fourth-order valence-corrected chi connectivity index (χ4v) is 4.32. The first-order chi connectivity index (χ1) is 16.8. The Balaban J connectivity index is 1.59. The summed E-state index contributed by atoms with van der Waals surface area (Å²) in [6.07, 6.45) is -5.08. The van der Waals surface area contributed by atoms with E-state index in [-0.39, 0.29) is 17.6 Å². The molecule has 0 radical (unpaired) electrons. The van der Waals surface area contributed by atoms with Crippen LogP contribution in [0.3, 0.4) is 0 Å². The van der Waals surface area contributed by atoms with Crippen LogP contribution in [0.5, 0.6) is 5.75 Å². The van der Waals surface area contributed by atoms with E-state index in [0.29, 0.717) is 48.7 Å². The summed E-state index contributed by atoms with van der Waals surface area (Å²) in [5.41, 5.74) is 1.81. The molecule has 2 heterocycles. The molecule has 1 aliphatic heterocycles. The molecule has 0 spiro atoms. The van der Waals surface area contributed by atoms with Gasteiger partial charge in [-0.25, -0.2) is 4.79 Å². The van der Waals surface area contributed by atoms with Crippen LogP contribution in [0.15, 0.2) is 48.5 Å². The average molecular weight is 490 g/mol. The first-order valence-electron chi connectivity index (χ1n) is 11.2. The summed E-state index contributed by atoms with van der Waals surface area (Å²) in [6, 6.07) is 14.2. The lowest BCUT2D eigenvalue weighted by molar-refractivity contribution is -0.146. The molecule has 0 aliphatic carbocycles. The topological polar surface area (TPSA) is 105 Å². The Morgan fingerprint density at radius 2 is 2.00 bits per heavy atom. The maximum atomic E-state index is 13.3. The number of carboxylic acid groups (broad SMARTS) is 1. The monoisotopic (exact) mass is 490 g/mol. The van der Waals surface area contributed by atoms with Gasteiger partial charge in [-0.2, -0.15) is 17.9 Å². The zero-order chi connectivity index (χ0) is 25.0. The number of halogens is 3. The predicted octanol–water partition coefficient (Wildman–Crippen LogP) is 3.71. The van der Waals surface area contributed by atoms with Crippen LogP contribution in [0, 0.1) is 0 Å². The van der Waals surface area contributed by atoms with Crippen molar-refractivity contribution in [1.29, 1.82) is 0 Å². The molecule has 35 heavy (non-hydrogen) atoms. The van der Waals surface area contributed by atoms with Crippen LogP contribution < -0.4 is 10.1 Å². The molecule has 2 N–H and O–H groups in total. The van der Waals surface area contributed by atoms with Crippen molar-refractivity contribution in [2.24, 2.45) is 0 Å². The number of amides is 1. The normalized spacial score (nSPS) is 18.5. The maximum Gasteiger partial charge on any atom is 0.453 e. The molecule has 1 saturated heterocycles. The van der Waals surface area contributed by atoms with E-state index in [1.54, 1.807) is 12.1 Å². The minimum Gasteiger partial charge on any atom is -0.494 e. The highest BCUT2D eigenvalue weighted by Crippen LogP contribution is 2.31. The molecule has 4 rings (SSSR count). The number of likely N-dealkylation sites (tertiary alicyclic amines) is 1. The molecule has 2 aromatic carbocycles. The second-order valence-corrected chi connectivity index (χ2v) is 8.16. The summed E-state index contributed by atoms with van der Waals surface area (Å²) in [4.78, 5) is 13.0. The van der Waals surface area contributed by atoms with Crippen molar-refractivity contribution in [3.05, 3.63) is 65.5 Å². The number of hydrogen-bond donors (Lipinski definition) is 2. The molecule has 1 amide bonds. The van der Waals surface area contributed by atoms with Crippen LogP contribution in [0.4, 0.5) is 18.0 Å². The van der Waals surface area contributed by atoms with Crippen molar-refractivity contribution in [3.63, 3.8) is 0 Å². The zero-order valence-electron chi connectivity index (χ0n) is 18.9. The van der Waals surface area contributed by atoms with Gasteiger partial charge in [-0.1, -0.05) is 30.3 Å². The summed E-state index contributed by atoms with van der Waals surface area (Å²) in [5.74, 6) is -0.772. The Labute approximate surface area is 199 Å². The highest BCUT2D eigenvalue weighted by atomic mass is 19.4. The van der Waals surface area contributed by atoms with E-state index >= 15 is 0 Å². The SMILES string of the molecule is CCOc1ccc(-n2nnnc2C(F)(F)F)cc1CN[C@@H]1CCN(C(=O)O)C[C@H]1c1ccccc1. The highest BCUT2D eigenvalue weighted by Gasteiger charge is 2.38. The molecule has 12 heteroatoms. The number of aromatic nitrogens is 4. The number of nitrogens with zero attached hydrogens (tertiary/aromatic N) is 5. The summed E-state index contributed by atoms with van der Waals surface area (Å²) in [6.45, 7) is 3.23. The van der Waals surface area contributed by atoms with Crippen molar-refractivity contribution in [2.75, 3.05) is 19.7 Å². The Morgan fingerprint density at radius 3 is 2.69 bits per heavy atom. The fraction of sp³-hybridized carbons (Fsp3) is 0.391. The van der Waals surface area contributed by atoms with Gasteiger partial charge in [-0.3, -0.25) is 0 Å². The molecular weight excluding hydrogens is 465 g/mol. The summed E-state index contributed by atoms with van der Waals surface area (Å²) in [5, 5.41) is 22.8. The van der Waals surface area contributed by atoms with Crippen LogP contribution >= 0.6 is 0 Å². The van der Waals surface area contributed by atoms with Gasteiger partial charge in [0, 0.05) is 37.2 Å². The molecule has 1 aromatic heterocycles. The van der Waals surface area contributed by atoms with Gasteiger partial charge in [-0.05, 0) is 47.5 Å². The van der Waals surface area contributed by atoms with Crippen molar-refractivity contribution >= 4 is 6.09 Å². The van der Waals surface area contributed by atoms with Gasteiger partial charge in [0.15, 0.2) is 0 Å².